The van der Waals surface area contributed by atoms with Crippen molar-refractivity contribution in [1.29, 1.82) is 0 Å². The fourth-order valence-corrected chi connectivity index (χ4v) is 2.31. The Bertz CT molecular complexity index is 609. The van der Waals surface area contributed by atoms with E-state index < -0.39 is 0 Å². The summed E-state index contributed by atoms with van der Waals surface area (Å²) in [6.45, 7) is 9.91. The molecule has 1 heterocycles. The zero-order valence-corrected chi connectivity index (χ0v) is 11.0. The molecule has 0 fully saturated rings. The summed E-state index contributed by atoms with van der Waals surface area (Å²) < 4.78 is 1.65. The highest BCUT2D eigenvalue weighted by atomic mass is 16.1. The Morgan fingerprint density at radius 2 is 1.53 bits per heavy atom. The second kappa shape index (κ2) is 3.91. The van der Waals surface area contributed by atoms with Gasteiger partial charge in [-0.3, -0.25) is 9.89 Å². The van der Waals surface area contributed by atoms with E-state index in [0.29, 0.717) is 0 Å². The SMILES string of the molecule is Cc1cc(C)c(-n2[nH]c(C)c(C)c2=O)c(C)c1. The van der Waals surface area contributed by atoms with Crippen LogP contribution in [0, 0.1) is 34.6 Å². The number of H-pyrrole nitrogens is 1. The molecule has 0 aliphatic heterocycles. The monoisotopic (exact) mass is 230 g/mol. The molecule has 0 bridgehead atoms. The van der Waals surface area contributed by atoms with Gasteiger partial charge in [0.1, 0.15) is 0 Å². The van der Waals surface area contributed by atoms with E-state index in [1.165, 1.54) is 5.56 Å². The lowest BCUT2D eigenvalue weighted by Gasteiger charge is -2.11. The first-order valence-electron chi connectivity index (χ1n) is 5.78. The molecule has 0 aliphatic carbocycles. The highest BCUT2D eigenvalue weighted by Crippen LogP contribution is 2.19. The molecule has 1 aromatic heterocycles. The Balaban J connectivity index is 2.77. The molecule has 0 amide bonds. The first-order valence-corrected chi connectivity index (χ1v) is 5.78. The van der Waals surface area contributed by atoms with Gasteiger partial charge in [-0.2, -0.15) is 0 Å². The topological polar surface area (TPSA) is 37.8 Å². The third kappa shape index (κ3) is 1.82. The summed E-state index contributed by atoms with van der Waals surface area (Å²) in [7, 11) is 0. The highest BCUT2D eigenvalue weighted by Gasteiger charge is 2.12. The largest absolute Gasteiger partial charge is 0.295 e. The summed E-state index contributed by atoms with van der Waals surface area (Å²) in [6.07, 6.45) is 0. The molecule has 17 heavy (non-hydrogen) atoms. The predicted molar refractivity (Wildman–Crippen MR) is 70.1 cm³/mol. The molecular weight excluding hydrogens is 212 g/mol. The summed E-state index contributed by atoms with van der Waals surface area (Å²) in [5.41, 5.74) is 6.17. The molecule has 3 nitrogen and oxygen atoms in total. The number of aromatic amines is 1. The molecule has 1 aromatic carbocycles. The number of aromatic nitrogens is 2. The van der Waals surface area contributed by atoms with E-state index in [9.17, 15) is 4.79 Å². The molecule has 0 unspecified atom stereocenters. The maximum absolute atomic E-state index is 12.1. The van der Waals surface area contributed by atoms with Gasteiger partial charge in [0.15, 0.2) is 0 Å². The van der Waals surface area contributed by atoms with Gasteiger partial charge in [0, 0.05) is 11.3 Å². The van der Waals surface area contributed by atoms with E-state index in [4.69, 9.17) is 0 Å². The molecule has 0 spiro atoms. The zero-order valence-electron chi connectivity index (χ0n) is 11.0. The minimum atomic E-state index is 0.0394. The number of hydrogen-bond donors (Lipinski definition) is 1. The molecule has 2 aromatic rings. The molecule has 0 saturated carbocycles. The van der Waals surface area contributed by atoms with Crippen LogP contribution in [-0.4, -0.2) is 9.78 Å². The number of benzene rings is 1. The molecule has 0 radical (unpaired) electrons. The lowest BCUT2D eigenvalue weighted by molar-refractivity contribution is 0.821. The molecular formula is C14H18N2O. The van der Waals surface area contributed by atoms with Crippen LogP contribution in [0.15, 0.2) is 16.9 Å². The Kier molecular flexibility index (Phi) is 2.69. The van der Waals surface area contributed by atoms with Crippen molar-refractivity contribution in [3.8, 4) is 5.69 Å². The van der Waals surface area contributed by atoms with E-state index in [1.54, 1.807) is 4.68 Å². The standard InChI is InChI=1S/C14H18N2O/c1-8-6-9(2)13(10(3)7-8)16-14(17)11(4)12(5)15-16/h6-7,15H,1-5H3. The molecule has 0 atom stereocenters. The van der Waals surface area contributed by atoms with E-state index in [1.807, 2.05) is 27.7 Å². The van der Waals surface area contributed by atoms with Gasteiger partial charge in [-0.15, -0.1) is 0 Å². The summed E-state index contributed by atoms with van der Waals surface area (Å²) in [4.78, 5) is 12.1. The van der Waals surface area contributed by atoms with Gasteiger partial charge in [-0.05, 0) is 45.7 Å². The highest BCUT2D eigenvalue weighted by molar-refractivity contribution is 5.49. The van der Waals surface area contributed by atoms with Crippen molar-refractivity contribution in [2.75, 3.05) is 0 Å². The van der Waals surface area contributed by atoms with Crippen molar-refractivity contribution in [1.82, 2.24) is 9.78 Å². The molecule has 3 heteroatoms. The minimum absolute atomic E-state index is 0.0394. The van der Waals surface area contributed by atoms with Gasteiger partial charge in [-0.1, -0.05) is 17.7 Å². The maximum Gasteiger partial charge on any atom is 0.274 e. The van der Waals surface area contributed by atoms with Gasteiger partial charge >= 0.3 is 0 Å². The number of nitrogens with zero attached hydrogens (tertiary/aromatic N) is 1. The average molecular weight is 230 g/mol. The fourth-order valence-electron chi connectivity index (χ4n) is 2.31. The van der Waals surface area contributed by atoms with E-state index >= 15 is 0 Å². The van der Waals surface area contributed by atoms with E-state index in [0.717, 1.165) is 28.1 Å². The first-order chi connectivity index (χ1) is 7.91. The minimum Gasteiger partial charge on any atom is -0.295 e. The lowest BCUT2D eigenvalue weighted by atomic mass is 10.1. The van der Waals surface area contributed by atoms with Crippen LogP contribution in [0.2, 0.25) is 0 Å². The molecule has 2 rings (SSSR count). The van der Waals surface area contributed by atoms with Crippen LogP contribution in [0.4, 0.5) is 0 Å². The van der Waals surface area contributed by atoms with Crippen LogP contribution in [0.3, 0.4) is 0 Å². The van der Waals surface area contributed by atoms with E-state index in [2.05, 4.69) is 24.2 Å². The van der Waals surface area contributed by atoms with Crippen molar-refractivity contribution in [3.63, 3.8) is 0 Å². The zero-order chi connectivity index (χ0) is 12.7. The molecule has 90 valence electrons. The van der Waals surface area contributed by atoms with Crippen LogP contribution in [0.25, 0.3) is 5.69 Å². The number of rotatable bonds is 1. The third-order valence-corrected chi connectivity index (χ3v) is 3.22. The first kappa shape index (κ1) is 11.7. The second-order valence-corrected chi connectivity index (χ2v) is 4.75. The molecule has 0 aliphatic rings. The molecule has 0 saturated heterocycles. The summed E-state index contributed by atoms with van der Waals surface area (Å²) in [5, 5.41) is 3.13. The van der Waals surface area contributed by atoms with Crippen molar-refractivity contribution in [3.05, 3.63) is 50.4 Å². The normalized spacial score (nSPS) is 10.9. The number of aryl methyl sites for hydroxylation is 4. The average Bonchev–Trinajstić information content (AvgIpc) is 2.45. The van der Waals surface area contributed by atoms with Crippen molar-refractivity contribution >= 4 is 0 Å². The van der Waals surface area contributed by atoms with Gasteiger partial charge in [0.2, 0.25) is 0 Å². The van der Waals surface area contributed by atoms with Crippen molar-refractivity contribution in [2.45, 2.75) is 34.6 Å². The number of hydrogen-bond acceptors (Lipinski definition) is 1. The Labute approximate surface area is 101 Å². The van der Waals surface area contributed by atoms with Crippen LogP contribution in [0.5, 0.6) is 0 Å². The van der Waals surface area contributed by atoms with Gasteiger partial charge in [0.05, 0.1) is 5.69 Å². The van der Waals surface area contributed by atoms with Gasteiger partial charge in [-0.25, -0.2) is 4.68 Å². The smallest absolute Gasteiger partial charge is 0.274 e. The van der Waals surface area contributed by atoms with Gasteiger partial charge < -0.3 is 0 Å². The Hall–Kier alpha value is -1.77. The Morgan fingerprint density at radius 1 is 1.00 bits per heavy atom. The second-order valence-electron chi connectivity index (χ2n) is 4.75. The van der Waals surface area contributed by atoms with Crippen molar-refractivity contribution in [2.24, 2.45) is 0 Å². The van der Waals surface area contributed by atoms with Crippen LogP contribution in [0.1, 0.15) is 27.9 Å². The number of nitrogens with one attached hydrogen (secondary N) is 1. The van der Waals surface area contributed by atoms with Crippen LogP contribution >= 0.6 is 0 Å². The summed E-state index contributed by atoms with van der Waals surface area (Å²) >= 11 is 0. The Morgan fingerprint density at radius 3 is 1.94 bits per heavy atom. The summed E-state index contributed by atoms with van der Waals surface area (Å²) in [6, 6.07) is 4.20. The van der Waals surface area contributed by atoms with E-state index in [-0.39, 0.29) is 5.56 Å². The van der Waals surface area contributed by atoms with Crippen LogP contribution in [-0.2, 0) is 0 Å². The van der Waals surface area contributed by atoms with Crippen LogP contribution < -0.4 is 5.56 Å². The molecule has 1 N–H and O–H groups in total. The predicted octanol–water partition coefficient (Wildman–Crippen LogP) is 2.71. The maximum atomic E-state index is 12.1. The summed E-state index contributed by atoms with van der Waals surface area (Å²) in [5.74, 6) is 0. The lowest BCUT2D eigenvalue weighted by Crippen LogP contribution is -2.18. The quantitative estimate of drug-likeness (QED) is 0.803. The fraction of sp³-hybridized carbons (Fsp3) is 0.357. The third-order valence-electron chi connectivity index (χ3n) is 3.22. The van der Waals surface area contributed by atoms with Crippen molar-refractivity contribution < 1.29 is 0 Å². The van der Waals surface area contributed by atoms with Gasteiger partial charge in [0.25, 0.3) is 5.56 Å².